The van der Waals surface area contributed by atoms with E-state index in [1.54, 1.807) is 32.6 Å². The van der Waals surface area contributed by atoms with E-state index in [-0.39, 0.29) is 6.10 Å². The van der Waals surface area contributed by atoms with Gasteiger partial charge in [0, 0.05) is 11.8 Å². The lowest BCUT2D eigenvalue weighted by Crippen LogP contribution is -2.40. The second kappa shape index (κ2) is 8.77. The SMILES string of the molecule is COc1cc2c(cc1OC)[C@@H](C#N)N(C(=O)O[C@H]1C[C@@H](C)CC[C@@H]1C(C)C)C=C2. The maximum absolute atomic E-state index is 13.0. The van der Waals surface area contributed by atoms with Crippen LogP contribution in [0.1, 0.15) is 57.2 Å². The maximum Gasteiger partial charge on any atom is 0.415 e. The lowest BCUT2D eigenvalue weighted by molar-refractivity contribution is -0.00736. The third kappa shape index (κ3) is 4.19. The van der Waals surface area contributed by atoms with Gasteiger partial charge in [0.2, 0.25) is 0 Å². The van der Waals surface area contributed by atoms with Gasteiger partial charge in [-0.05, 0) is 54.4 Å². The average molecular weight is 399 g/mol. The van der Waals surface area contributed by atoms with Crippen molar-refractivity contribution < 1.29 is 19.0 Å². The second-order valence-corrected chi connectivity index (χ2v) is 8.34. The lowest BCUT2D eigenvalue weighted by atomic mass is 9.75. The fourth-order valence-corrected chi connectivity index (χ4v) is 4.43. The number of ether oxygens (including phenoxy) is 3. The number of hydrogen-bond donors (Lipinski definition) is 0. The van der Waals surface area contributed by atoms with Crippen LogP contribution in [0.4, 0.5) is 4.79 Å². The van der Waals surface area contributed by atoms with Crippen LogP contribution in [0.25, 0.3) is 6.08 Å². The van der Waals surface area contributed by atoms with Gasteiger partial charge in [0.1, 0.15) is 6.10 Å². The predicted octanol–water partition coefficient (Wildman–Crippen LogP) is 5.15. The monoisotopic (exact) mass is 398 g/mol. The lowest BCUT2D eigenvalue weighted by Gasteiger charge is -2.38. The van der Waals surface area contributed by atoms with E-state index in [1.165, 1.54) is 4.90 Å². The van der Waals surface area contributed by atoms with Crippen molar-refractivity contribution in [2.24, 2.45) is 17.8 Å². The van der Waals surface area contributed by atoms with E-state index in [4.69, 9.17) is 14.2 Å². The molecule has 0 unspecified atom stereocenters. The number of fused-ring (bicyclic) bond motifs is 1. The van der Waals surface area contributed by atoms with Crippen LogP contribution < -0.4 is 9.47 Å². The highest BCUT2D eigenvalue weighted by Gasteiger charge is 2.37. The van der Waals surface area contributed by atoms with Crippen LogP contribution >= 0.6 is 0 Å². The summed E-state index contributed by atoms with van der Waals surface area (Å²) in [4.78, 5) is 14.4. The Balaban J connectivity index is 1.85. The highest BCUT2D eigenvalue weighted by atomic mass is 16.6. The van der Waals surface area contributed by atoms with E-state index in [1.807, 2.05) is 6.07 Å². The topological polar surface area (TPSA) is 71.8 Å². The molecule has 3 rings (SSSR count). The Hall–Kier alpha value is -2.68. The molecular formula is C23H30N2O4. The molecule has 1 fully saturated rings. The molecule has 4 atom stereocenters. The van der Waals surface area contributed by atoms with Crippen molar-refractivity contribution in [2.45, 2.75) is 52.2 Å². The first-order valence-electron chi connectivity index (χ1n) is 10.2. The van der Waals surface area contributed by atoms with Gasteiger partial charge in [0.15, 0.2) is 17.5 Å². The molecule has 156 valence electrons. The number of benzene rings is 1. The summed E-state index contributed by atoms with van der Waals surface area (Å²) in [7, 11) is 3.12. The summed E-state index contributed by atoms with van der Waals surface area (Å²) in [5.41, 5.74) is 1.52. The van der Waals surface area contributed by atoms with Gasteiger partial charge >= 0.3 is 6.09 Å². The molecule has 1 saturated carbocycles. The zero-order valence-corrected chi connectivity index (χ0v) is 17.8. The van der Waals surface area contributed by atoms with Crippen molar-refractivity contribution in [3.05, 3.63) is 29.5 Å². The molecule has 1 aliphatic heterocycles. The number of nitriles is 1. The van der Waals surface area contributed by atoms with Crippen LogP contribution in [0.5, 0.6) is 11.5 Å². The number of nitrogens with zero attached hydrogens (tertiary/aromatic N) is 2. The fraction of sp³-hybridized carbons (Fsp3) is 0.565. The molecule has 1 aromatic carbocycles. The van der Waals surface area contributed by atoms with E-state index >= 15 is 0 Å². The smallest absolute Gasteiger partial charge is 0.415 e. The van der Waals surface area contributed by atoms with Crippen molar-refractivity contribution in [3.63, 3.8) is 0 Å². The summed E-state index contributed by atoms with van der Waals surface area (Å²) >= 11 is 0. The third-order valence-electron chi connectivity index (χ3n) is 6.12. The highest BCUT2D eigenvalue weighted by molar-refractivity contribution is 5.75. The van der Waals surface area contributed by atoms with E-state index in [2.05, 4.69) is 26.8 Å². The summed E-state index contributed by atoms with van der Waals surface area (Å²) in [5.74, 6) is 2.43. The van der Waals surface area contributed by atoms with Crippen LogP contribution in [-0.2, 0) is 4.74 Å². The van der Waals surface area contributed by atoms with Crippen LogP contribution in [0.15, 0.2) is 18.3 Å². The summed E-state index contributed by atoms with van der Waals surface area (Å²) in [6.45, 7) is 6.55. The van der Waals surface area contributed by atoms with Crippen LogP contribution in [-0.4, -0.2) is 31.3 Å². The molecule has 0 N–H and O–H groups in total. The number of methoxy groups -OCH3 is 2. The number of amides is 1. The Kier molecular flexibility index (Phi) is 6.36. The van der Waals surface area contributed by atoms with Crippen LogP contribution in [0, 0.1) is 29.1 Å². The summed E-state index contributed by atoms with van der Waals surface area (Å²) in [6, 6.07) is 5.03. The molecule has 6 nitrogen and oxygen atoms in total. The molecule has 29 heavy (non-hydrogen) atoms. The molecular weight excluding hydrogens is 368 g/mol. The summed E-state index contributed by atoms with van der Waals surface area (Å²) in [6.07, 6.45) is 5.93. The van der Waals surface area contributed by atoms with Crippen molar-refractivity contribution in [3.8, 4) is 17.6 Å². The van der Waals surface area contributed by atoms with E-state index < -0.39 is 12.1 Å². The third-order valence-corrected chi connectivity index (χ3v) is 6.12. The second-order valence-electron chi connectivity index (χ2n) is 8.34. The molecule has 1 heterocycles. The van der Waals surface area contributed by atoms with Crippen molar-refractivity contribution >= 4 is 12.2 Å². The number of hydrogen-bond acceptors (Lipinski definition) is 5. The van der Waals surface area contributed by atoms with Gasteiger partial charge in [0.05, 0.1) is 20.3 Å². The normalized spacial score (nSPS) is 25.9. The molecule has 0 bridgehead atoms. The first kappa shape index (κ1) is 21.0. The number of carbonyl (C=O) groups excluding carboxylic acids is 1. The Morgan fingerprint density at radius 2 is 1.90 bits per heavy atom. The van der Waals surface area contributed by atoms with Gasteiger partial charge in [-0.1, -0.05) is 27.2 Å². The minimum absolute atomic E-state index is 0.120. The van der Waals surface area contributed by atoms with Gasteiger partial charge in [-0.25, -0.2) is 4.79 Å². The van der Waals surface area contributed by atoms with E-state index in [0.29, 0.717) is 34.8 Å². The molecule has 2 aliphatic rings. The zero-order valence-electron chi connectivity index (χ0n) is 17.8. The summed E-state index contributed by atoms with van der Waals surface area (Å²) in [5, 5.41) is 9.83. The van der Waals surface area contributed by atoms with Gasteiger partial charge in [-0.3, -0.25) is 4.90 Å². The minimum atomic E-state index is -0.777. The molecule has 0 saturated heterocycles. The van der Waals surface area contributed by atoms with Gasteiger partial charge in [-0.15, -0.1) is 0 Å². The molecule has 1 amide bonds. The Labute approximate surface area is 173 Å². The van der Waals surface area contributed by atoms with E-state index in [0.717, 1.165) is 24.8 Å². The van der Waals surface area contributed by atoms with Crippen molar-refractivity contribution in [2.75, 3.05) is 14.2 Å². The van der Waals surface area contributed by atoms with Gasteiger partial charge < -0.3 is 14.2 Å². The number of rotatable bonds is 4. The van der Waals surface area contributed by atoms with Crippen LogP contribution in [0.3, 0.4) is 0 Å². The fourth-order valence-electron chi connectivity index (χ4n) is 4.43. The van der Waals surface area contributed by atoms with E-state index in [9.17, 15) is 10.1 Å². The number of carbonyl (C=O) groups is 1. The predicted molar refractivity (Wildman–Crippen MR) is 110 cm³/mol. The molecule has 0 spiro atoms. The van der Waals surface area contributed by atoms with Crippen molar-refractivity contribution in [1.82, 2.24) is 4.90 Å². The Morgan fingerprint density at radius 1 is 1.21 bits per heavy atom. The Morgan fingerprint density at radius 3 is 2.52 bits per heavy atom. The standard InChI is InChI=1S/C23H30N2O4/c1-14(2)17-7-6-15(3)10-20(17)29-23(26)25-9-8-16-11-21(27-4)22(28-5)12-18(16)19(25)13-24/h8-9,11-12,14-15,17,19-20H,6-7,10H2,1-5H3/t15-,17+,19+,20-/m0/s1. The Bertz CT molecular complexity index is 827. The quantitative estimate of drug-likeness (QED) is 0.701. The first-order chi connectivity index (χ1) is 13.9. The molecule has 6 heteroatoms. The molecule has 0 radical (unpaired) electrons. The molecule has 1 aromatic rings. The largest absolute Gasteiger partial charge is 0.493 e. The zero-order chi connectivity index (χ0) is 21.1. The van der Waals surface area contributed by atoms with Crippen molar-refractivity contribution in [1.29, 1.82) is 5.26 Å². The summed E-state index contributed by atoms with van der Waals surface area (Å²) < 4.78 is 16.7. The molecule has 0 aromatic heterocycles. The molecule has 1 aliphatic carbocycles. The van der Waals surface area contributed by atoms with Crippen LogP contribution in [0.2, 0.25) is 0 Å². The minimum Gasteiger partial charge on any atom is -0.493 e. The van der Waals surface area contributed by atoms with Gasteiger partial charge in [-0.2, -0.15) is 5.26 Å². The maximum atomic E-state index is 13.0. The van der Waals surface area contributed by atoms with Gasteiger partial charge in [0.25, 0.3) is 0 Å². The first-order valence-corrected chi connectivity index (χ1v) is 10.2. The average Bonchev–Trinajstić information content (AvgIpc) is 2.71. The highest BCUT2D eigenvalue weighted by Crippen LogP contribution is 2.40.